The van der Waals surface area contributed by atoms with E-state index >= 15 is 0 Å². The summed E-state index contributed by atoms with van der Waals surface area (Å²) in [6, 6.07) is 7.56. The highest BCUT2D eigenvalue weighted by Gasteiger charge is 2.12. The maximum absolute atomic E-state index is 8.89. The summed E-state index contributed by atoms with van der Waals surface area (Å²) >= 11 is 12.1. The molecule has 0 aliphatic rings. The summed E-state index contributed by atoms with van der Waals surface area (Å²) in [4.78, 5) is 2.12. The van der Waals surface area contributed by atoms with Gasteiger partial charge in [0.15, 0.2) is 0 Å². The van der Waals surface area contributed by atoms with Crippen molar-refractivity contribution < 1.29 is 5.11 Å². The van der Waals surface area contributed by atoms with E-state index in [1.165, 1.54) is 0 Å². The Morgan fingerprint density at radius 2 is 1.94 bits per heavy atom. The van der Waals surface area contributed by atoms with E-state index in [0.717, 1.165) is 23.7 Å². The second-order valence-electron chi connectivity index (χ2n) is 3.64. The fraction of sp³-hybridized carbons (Fsp3) is 0.500. The second kappa shape index (κ2) is 7.13. The minimum absolute atomic E-state index is 0.0660. The van der Waals surface area contributed by atoms with E-state index in [1.807, 2.05) is 24.3 Å². The van der Waals surface area contributed by atoms with Gasteiger partial charge in [0.2, 0.25) is 0 Å². The Hall–Kier alpha value is -0.280. The topological polar surface area (TPSA) is 23.5 Å². The summed E-state index contributed by atoms with van der Waals surface area (Å²) < 4.78 is 0. The zero-order chi connectivity index (χ0) is 12.0. The molecule has 0 saturated carbocycles. The largest absolute Gasteiger partial charge is 0.395 e. The zero-order valence-electron chi connectivity index (χ0n) is 9.37. The molecular formula is C12H17Cl2NO. The summed E-state index contributed by atoms with van der Waals surface area (Å²) in [5.41, 5.74) is 1.06. The van der Waals surface area contributed by atoms with Crippen LogP contribution in [0.2, 0.25) is 5.02 Å². The molecule has 0 amide bonds. The first-order valence-corrected chi connectivity index (χ1v) is 6.21. The fourth-order valence-corrected chi connectivity index (χ4v) is 1.99. The van der Waals surface area contributed by atoms with Crippen LogP contribution in [0.25, 0.3) is 0 Å². The number of likely N-dealkylation sites (N-methyl/N-ethyl adjacent to an activating group) is 1. The number of nitrogens with zero attached hydrogens (tertiary/aromatic N) is 1. The standard InChI is InChI=1S/C12H17Cl2NO/c1-2-15(7-8-16)9-12(14)10-3-5-11(13)6-4-10/h3-6,12,16H,2,7-9H2,1H3. The molecule has 0 fully saturated rings. The average molecular weight is 262 g/mol. The maximum Gasteiger partial charge on any atom is 0.0712 e. The van der Waals surface area contributed by atoms with Crippen molar-refractivity contribution in [2.24, 2.45) is 0 Å². The SMILES string of the molecule is CCN(CCO)CC(Cl)c1ccc(Cl)cc1. The van der Waals surface area contributed by atoms with Crippen molar-refractivity contribution in [3.63, 3.8) is 0 Å². The molecule has 0 radical (unpaired) electrons. The Kier molecular flexibility index (Phi) is 6.14. The Bertz CT molecular complexity index is 302. The van der Waals surface area contributed by atoms with Crippen LogP contribution in [0.4, 0.5) is 0 Å². The van der Waals surface area contributed by atoms with Crippen LogP contribution in [0.1, 0.15) is 17.9 Å². The third-order valence-electron chi connectivity index (χ3n) is 2.51. The molecule has 1 aromatic rings. The van der Waals surface area contributed by atoms with Crippen LogP contribution in [0.15, 0.2) is 24.3 Å². The molecule has 0 spiro atoms. The van der Waals surface area contributed by atoms with Gasteiger partial charge in [0.25, 0.3) is 0 Å². The molecule has 0 bridgehead atoms. The first kappa shape index (κ1) is 13.8. The number of hydrogen-bond acceptors (Lipinski definition) is 2. The molecule has 0 heterocycles. The summed E-state index contributed by atoms with van der Waals surface area (Å²) in [5.74, 6) is 0. The van der Waals surface area contributed by atoms with Crippen molar-refractivity contribution in [2.45, 2.75) is 12.3 Å². The zero-order valence-corrected chi connectivity index (χ0v) is 10.9. The molecule has 0 aliphatic carbocycles. The van der Waals surface area contributed by atoms with Gasteiger partial charge in [-0.05, 0) is 24.2 Å². The lowest BCUT2D eigenvalue weighted by atomic mass is 10.1. The number of aliphatic hydroxyl groups excluding tert-OH is 1. The predicted octanol–water partition coefficient (Wildman–Crippen LogP) is 2.93. The Morgan fingerprint density at radius 3 is 2.44 bits per heavy atom. The smallest absolute Gasteiger partial charge is 0.0712 e. The third kappa shape index (κ3) is 4.30. The Balaban J connectivity index is 2.56. The van der Waals surface area contributed by atoms with E-state index in [2.05, 4.69) is 11.8 Å². The quantitative estimate of drug-likeness (QED) is 0.797. The lowest BCUT2D eigenvalue weighted by molar-refractivity contribution is 0.202. The van der Waals surface area contributed by atoms with Crippen LogP contribution >= 0.6 is 23.2 Å². The van der Waals surface area contributed by atoms with Crippen LogP contribution in [0.5, 0.6) is 0 Å². The van der Waals surface area contributed by atoms with Crippen LogP contribution in [-0.4, -0.2) is 36.2 Å². The van der Waals surface area contributed by atoms with E-state index < -0.39 is 0 Å². The summed E-state index contributed by atoms with van der Waals surface area (Å²) in [6.45, 7) is 4.50. The minimum atomic E-state index is -0.0660. The number of alkyl halides is 1. The van der Waals surface area contributed by atoms with Crippen molar-refractivity contribution in [1.29, 1.82) is 0 Å². The maximum atomic E-state index is 8.89. The van der Waals surface area contributed by atoms with E-state index in [-0.39, 0.29) is 12.0 Å². The molecule has 1 aromatic carbocycles. The molecule has 1 unspecified atom stereocenters. The van der Waals surface area contributed by atoms with Gasteiger partial charge in [0, 0.05) is 18.1 Å². The van der Waals surface area contributed by atoms with Crippen molar-refractivity contribution in [3.8, 4) is 0 Å². The van der Waals surface area contributed by atoms with Crippen molar-refractivity contribution in [1.82, 2.24) is 4.90 Å². The van der Waals surface area contributed by atoms with Gasteiger partial charge in [0.1, 0.15) is 0 Å². The molecular weight excluding hydrogens is 245 g/mol. The summed E-state index contributed by atoms with van der Waals surface area (Å²) in [5, 5.41) is 9.54. The number of hydrogen-bond donors (Lipinski definition) is 1. The fourth-order valence-electron chi connectivity index (χ4n) is 1.52. The van der Waals surface area contributed by atoms with Gasteiger partial charge in [-0.1, -0.05) is 30.7 Å². The molecule has 4 heteroatoms. The van der Waals surface area contributed by atoms with Crippen molar-refractivity contribution >= 4 is 23.2 Å². The van der Waals surface area contributed by atoms with E-state index in [1.54, 1.807) is 0 Å². The summed E-state index contributed by atoms with van der Waals surface area (Å²) in [7, 11) is 0. The molecule has 2 nitrogen and oxygen atoms in total. The molecule has 90 valence electrons. The minimum Gasteiger partial charge on any atom is -0.395 e. The normalized spacial score (nSPS) is 13.1. The van der Waals surface area contributed by atoms with Crippen LogP contribution < -0.4 is 0 Å². The number of halogens is 2. The van der Waals surface area contributed by atoms with Gasteiger partial charge in [0.05, 0.1) is 12.0 Å². The second-order valence-corrected chi connectivity index (χ2v) is 4.60. The number of aliphatic hydroxyl groups is 1. The Morgan fingerprint density at radius 1 is 1.31 bits per heavy atom. The predicted molar refractivity (Wildman–Crippen MR) is 69.2 cm³/mol. The Labute approximate surface area is 107 Å². The van der Waals surface area contributed by atoms with Gasteiger partial charge in [-0.3, -0.25) is 4.90 Å². The van der Waals surface area contributed by atoms with Crippen LogP contribution in [0, 0.1) is 0 Å². The van der Waals surface area contributed by atoms with Gasteiger partial charge in [-0.25, -0.2) is 0 Å². The number of benzene rings is 1. The third-order valence-corrected chi connectivity index (χ3v) is 3.16. The number of rotatable bonds is 6. The van der Waals surface area contributed by atoms with Gasteiger partial charge in [-0.2, -0.15) is 0 Å². The highest BCUT2D eigenvalue weighted by atomic mass is 35.5. The van der Waals surface area contributed by atoms with E-state index in [9.17, 15) is 0 Å². The van der Waals surface area contributed by atoms with Crippen molar-refractivity contribution in [2.75, 3.05) is 26.2 Å². The molecule has 16 heavy (non-hydrogen) atoms. The van der Waals surface area contributed by atoms with Crippen LogP contribution in [0.3, 0.4) is 0 Å². The molecule has 0 aromatic heterocycles. The molecule has 1 rings (SSSR count). The highest BCUT2D eigenvalue weighted by molar-refractivity contribution is 6.30. The van der Waals surface area contributed by atoms with Gasteiger partial charge < -0.3 is 5.11 Å². The molecule has 1 N–H and O–H groups in total. The molecule has 0 aliphatic heterocycles. The van der Waals surface area contributed by atoms with Gasteiger partial charge in [-0.15, -0.1) is 11.6 Å². The molecule has 1 atom stereocenters. The van der Waals surface area contributed by atoms with Crippen LogP contribution in [-0.2, 0) is 0 Å². The van der Waals surface area contributed by atoms with Crippen molar-refractivity contribution in [3.05, 3.63) is 34.9 Å². The first-order valence-electron chi connectivity index (χ1n) is 5.40. The highest BCUT2D eigenvalue weighted by Crippen LogP contribution is 2.23. The summed E-state index contributed by atoms with van der Waals surface area (Å²) in [6.07, 6.45) is 0. The molecule has 0 saturated heterocycles. The first-order chi connectivity index (χ1) is 7.67. The lowest BCUT2D eigenvalue weighted by Crippen LogP contribution is -2.29. The average Bonchev–Trinajstić information content (AvgIpc) is 2.29. The van der Waals surface area contributed by atoms with E-state index in [0.29, 0.717) is 6.54 Å². The van der Waals surface area contributed by atoms with E-state index in [4.69, 9.17) is 28.3 Å². The lowest BCUT2D eigenvalue weighted by Gasteiger charge is -2.22. The van der Waals surface area contributed by atoms with Gasteiger partial charge >= 0.3 is 0 Å². The monoisotopic (exact) mass is 261 g/mol.